The molecule has 1 N–H and O–H groups in total. The van der Waals surface area contributed by atoms with E-state index in [1.54, 1.807) is 23.1 Å². The van der Waals surface area contributed by atoms with Crippen LogP contribution in [0.25, 0.3) is 11.0 Å². The molecule has 162 valence electrons. The van der Waals surface area contributed by atoms with Crippen molar-refractivity contribution >= 4 is 22.8 Å². The highest BCUT2D eigenvalue weighted by atomic mass is 19.4. The summed E-state index contributed by atoms with van der Waals surface area (Å²) < 4.78 is 40.9. The number of carbonyl (C=O) groups excluding carboxylic acids is 1. The maximum Gasteiger partial charge on any atom is 0.437 e. The van der Waals surface area contributed by atoms with Crippen molar-refractivity contribution in [2.45, 2.75) is 63.6 Å². The standard InChI is InChI=1S/C22H27F3N4O/c23-22(24,25)19-20(28-18-10-6-5-9-17(18)27-19)29-13-11-15(12-14-29)21(30)26-16-7-3-1-2-4-8-16/h5-6,9-10,15-16H,1-4,7-8,11-14H2,(H,26,30). The minimum Gasteiger partial charge on any atom is -0.355 e. The fraction of sp³-hybridized carbons (Fsp3) is 0.591. The number of nitrogens with one attached hydrogen (secondary N) is 1. The van der Waals surface area contributed by atoms with Crippen molar-refractivity contribution < 1.29 is 18.0 Å². The van der Waals surface area contributed by atoms with Crippen LogP contribution >= 0.6 is 0 Å². The first-order valence-electron chi connectivity index (χ1n) is 10.8. The van der Waals surface area contributed by atoms with E-state index in [0.717, 1.165) is 25.7 Å². The highest BCUT2D eigenvalue weighted by Gasteiger charge is 2.39. The molecule has 0 spiro atoms. The van der Waals surface area contributed by atoms with Gasteiger partial charge in [0.1, 0.15) is 0 Å². The van der Waals surface area contributed by atoms with Crippen LogP contribution in [0, 0.1) is 5.92 Å². The highest BCUT2D eigenvalue weighted by molar-refractivity contribution is 5.79. The maximum atomic E-state index is 13.6. The van der Waals surface area contributed by atoms with E-state index in [9.17, 15) is 18.0 Å². The molecule has 2 heterocycles. The first-order chi connectivity index (χ1) is 14.4. The van der Waals surface area contributed by atoms with Gasteiger partial charge in [-0.05, 0) is 37.8 Å². The Bertz CT molecular complexity index is 886. The van der Waals surface area contributed by atoms with Gasteiger partial charge in [-0.3, -0.25) is 4.79 Å². The Morgan fingerprint density at radius 3 is 2.13 bits per heavy atom. The smallest absolute Gasteiger partial charge is 0.355 e. The Hall–Kier alpha value is -2.38. The number of amides is 1. The number of carbonyl (C=O) groups is 1. The lowest BCUT2D eigenvalue weighted by Gasteiger charge is -2.34. The van der Waals surface area contributed by atoms with Gasteiger partial charge in [0.05, 0.1) is 11.0 Å². The Morgan fingerprint density at radius 1 is 0.933 bits per heavy atom. The molecule has 1 saturated heterocycles. The second-order valence-electron chi connectivity index (χ2n) is 8.34. The van der Waals surface area contributed by atoms with Gasteiger partial charge in [-0.25, -0.2) is 9.97 Å². The molecule has 0 bridgehead atoms. The van der Waals surface area contributed by atoms with Crippen molar-refractivity contribution in [3.05, 3.63) is 30.0 Å². The Labute approximate surface area is 174 Å². The zero-order valence-electron chi connectivity index (χ0n) is 16.9. The molecule has 1 aromatic carbocycles. The van der Waals surface area contributed by atoms with E-state index in [1.807, 2.05) is 0 Å². The molecule has 2 aromatic rings. The van der Waals surface area contributed by atoms with Gasteiger partial charge in [0, 0.05) is 25.0 Å². The van der Waals surface area contributed by atoms with Crippen molar-refractivity contribution in [3.63, 3.8) is 0 Å². The molecule has 1 aliphatic heterocycles. The number of aromatic nitrogens is 2. The van der Waals surface area contributed by atoms with Gasteiger partial charge in [-0.2, -0.15) is 13.2 Å². The van der Waals surface area contributed by atoms with Crippen LogP contribution in [0.15, 0.2) is 24.3 Å². The van der Waals surface area contributed by atoms with E-state index < -0.39 is 11.9 Å². The van der Waals surface area contributed by atoms with E-state index in [0.29, 0.717) is 31.4 Å². The molecule has 0 atom stereocenters. The zero-order valence-corrected chi connectivity index (χ0v) is 16.9. The second kappa shape index (κ2) is 8.78. The number of piperidine rings is 1. The number of nitrogens with zero attached hydrogens (tertiary/aromatic N) is 3. The highest BCUT2D eigenvalue weighted by Crippen LogP contribution is 2.36. The predicted molar refractivity (Wildman–Crippen MR) is 109 cm³/mol. The molecule has 8 heteroatoms. The molecule has 1 aromatic heterocycles. The number of hydrogen-bond donors (Lipinski definition) is 1. The number of halogens is 3. The summed E-state index contributed by atoms with van der Waals surface area (Å²) in [6, 6.07) is 6.82. The summed E-state index contributed by atoms with van der Waals surface area (Å²) in [7, 11) is 0. The lowest BCUT2D eigenvalue weighted by molar-refractivity contribution is -0.140. The van der Waals surface area contributed by atoms with Crippen molar-refractivity contribution in [2.24, 2.45) is 5.92 Å². The molecule has 1 amide bonds. The lowest BCUT2D eigenvalue weighted by Crippen LogP contribution is -2.44. The summed E-state index contributed by atoms with van der Waals surface area (Å²) in [5.41, 5.74) is -0.289. The molecule has 1 aliphatic carbocycles. The van der Waals surface area contributed by atoms with Gasteiger partial charge in [0.15, 0.2) is 11.5 Å². The first-order valence-corrected chi connectivity index (χ1v) is 10.8. The third kappa shape index (κ3) is 4.68. The summed E-state index contributed by atoms with van der Waals surface area (Å²) in [6.07, 6.45) is 3.22. The molecular weight excluding hydrogens is 393 g/mol. The Morgan fingerprint density at radius 2 is 1.53 bits per heavy atom. The largest absolute Gasteiger partial charge is 0.437 e. The monoisotopic (exact) mass is 420 g/mol. The number of anilines is 1. The molecule has 2 fully saturated rings. The van der Waals surface area contributed by atoms with E-state index in [-0.39, 0.29) is 29.2 Å². The van der Waals surface area contributed by atoms with Crippen molar-refractivity contribution in [3.8, 4) is 0 Å². The lowest BCUT2D eigenvalue weighted by atomic mass is 9.95. The quantitative estimate of drug-likeness (QED) is 0.731. The third-order valence-corrected chi connectivity index (χ3v) is 6.19. The van der Waals surface area contributed by atoms with Gasteiger partial charge in [0.25, 0.3) is 0 Å². The van der Waals surface area contributed by atoms with Crippen molar-refractivity contribution in [1.82, 2.24) is 15.3 Å². The normalized spacial score (nSPS) is 19.6. The number of para-hydroxylation sites is 2. The summed E-state index contributed by atoms with van der Waals surface area (Å²) in [6.45, 7) is 0.720. The summed E-state index contributed by atoms with van der Waals surface area (Å²) in [4.78, 5) is 22.4. The van der Waals surface area contributed by atoms with Crippen LogP contribution in [0.1, 0.15) is 57.1 Å². The van der Waals surface area contributed by atoms with Crippen molar-refractivity contribution in [1.29, 1.82) is 0 Å². The molecule has 0 radical (unpaired) electrons. The average Bonchev–Trinajstić information content (AvgIpc) is 3.01. The number of alkyl halides is 3. The Balaban J connectivity index is 1.46. The van der Waals surface area contributed by atoms with Crippen LogP contribution in [0.2, 0.25) is 0 Å². The fourth-order valence-electron chi connectivity index (χ4n) is 4.50. The number of rotatable bonds is 3. The van der Waals surface area contributed by atoms with Gasteiger partial charge in [0.2, 0.25) is 5.91 Å². The zero-order chi connectivity index (χ0) is 21.1. The van der Waals surface area contributed by atoms with Gasteiger partial charge < -0.3 is 10.2 Å². The van der Waals surface area contributed by atoms with Crippen LogP contribution in [0.4, 0.5) is 19.0 Å². The minimum atomic E-state index is -4.58. The van der Waals surface area contributed by atoms with E-state index in [1.165, 1.54) is 18.9 Å². The molecule has 1 saturated carbocycles. The van der Waals surface area contributed by atoms with Crippen LogP contribution in [0.5, 0.6) is 0 Å². The van der Waals surface area contributed by atoms with Crippen LogP contribution in [0.3, 0.4) is 0 Å². The van der Waals surface area contributed by atoms with Gasteiger partial charge in [-0.15, -0.1) is 0 Å². The van der Waals surface area contributed by atoms with Crippen LogP contribution in [-0.4, -0.2) is 35.0 Å². The molecule has 0 unspecified atom stereocenters. The molecule has 30 heavy (non-hydrogen) atoms. The molecular formula is C22H27F3N4O. The maximum absolute atomic E-state index is 13.6. The predicted octanol–water partition coefficient (Wildman–Crippen LogP) is 4.70. The molecule has 2 aliphatic rings. The second-order valence-corrected chi connectivity index (χ2v) is 8.34. The van der Waals surface area contributed by atoms with Gasteiger partial charge >= 0.3 is 6.18 Å². The Kier molecular flexibility index (Phi) is 6.11. The van der Waals surface area contributed by atoms with E-state index in [2.05, 4.69) is 15.3 Å². The number of fused-ring (bicyclic) bond motifs is 1. The third-order valence-electron chi connectivity index (χ3n) is 6.19. The number of benzene rings is 1. The summed E-state index contributed by atoms with van der Waals surface area (Å²) in [5.74, 6) is -0.252. The topological polar surface area (TPSA) is 58.1 Å². The average molecular weight is 420 g/mol. The number of hydrogen-bond acceptors (Lipinski definition) is 4. The SMILES string of the molecule is O=C(NC1CCCCCC1)C1CCN(c2nc3ccccc3nc2C(F)(F)F)CC1. The van der Waals surface area contributed by atoms with Crippen LogP contribution in [-0.2, 0) is 11.0 Å². The van der Waals surface area contributed by atoms with E-state index in [4.69, 9.17) is 0 Å². The molecule has 4 rings (SSSR count). The van der Waals surface area contributed by atoms with Gasteiger partial charge in [-0.1, -0.05) is 37.8 Å². The summed E-state index contributed by atoms with van der Waals surface area (Å²) in [5, 5.41) is 3.18. The fourth-order valence-corrected chi connectivity index (χ4v) is 4.50. The molecule has 5 nitrogen and oxygen atoms in total. The first kappa shape index (κ1) is 20.9. The van der Waals surface area contributed by atoms with Crippen molar-refractivity contribution in [2.75, 3.05) is 18.0 Å². The minimum absolute atomic E-state index is 0.0437. The summed E-state index contributed by atoms with van der Waals surface area (Å²) >= 11 is 0. The van der Waals surface area contributed by atoms with Crippen LogP contribution < -0.4 is 10.2 Å². The van der Waals surface area contributed by atoms with E-state index >= 15 is 0 Å².